The highest BCUT2D eigenvalue weighted by molar-refractivity contribution is 6.31. The normalized spacial score (nSPS) is 11.9. The molecule has 1 aromatic carbocycles. The minimum atomic E-state index is -1.20. The summed E-state index contributed by atoms with van der Waals surface area (Å²) in [4.78, 5) is 20.9. The summed E-state index contributed by atoms with van der Waals surface area (Å²) in [7, 11) is 0. The van der Waals surface area contributed by atoms with Crippen molar-refractivity contribution < 1.29 is 19.1 Å². The zero-order valence-electron chi connectivity index (χ0n) is 8.11. The van der Waals surface area contributed by atoms with Crippen LogP contribution in [0.2, 0.25) is 5.02 Å². The van der Waals surface area contributed by atoms with E-state index in [-0.39, 0.29) is 17.9 Å². The highest BCUT2D eigenvalue weighted by atomic mass is 35.5. The van der Waals surface area contributed by atoms with Gasteiger partial charge in [-0.1, -0.05) is 23.7 Å². The Bertz CT molecular complexity index is 411. The quantitative estimate of drug-likeness (QED) is 0.767. The number of hydrogen-bond acceptors (Lipinski definition) is 2. The monoisotopic (exact) mass is 245 g/mol. The molecule has 0 saturated carbocycles. The fraction of sp³-hybridized carbons (Fsp3) is 0.200. The van der Waals surface area contributed by atoms with E-state index in [1.807, 2.05) is 0 Å². The summed E-state index contributed by atoms with van der Waals surface area (Å²) in [5, 5.41) is 10.8. The minimum absolute atomic E-state index is 0.0648. The SMILES string of the molecule is O=CNC(Cc1cccc(F)c1Cl)C(=O)O. The molecule has 2 N–H and O–H groups in total. The van der Waals surface area contributed by atoms with E-state index in [1.54, 1.807) is 0 Å². The largest absolute Gasteiger partial charge is 0.480 e. The van der Waals surface area contributed by atoms with Crippen molar-refractivity contribution >= 4 is 24.0 Å². The fourth-order valence-electron chi connectivity index (χ4n) is 1.23. The standard InChI is InChI=1S/C10H9ClFNO3/c11-9-6(2-1-3-7(9)12)4-8(10(15)16)13-5-14/h1-3,5,8H,4H2,(H,13,14)(H,15,16). The molecule has 1 amide bonds. The van der Waals surface area contributed by atoms with Crippen LogP contribution in [0.1, 0.15) is 5.56 Å². The molecule has 1 atom stereocenters. The Hall–Kier alpha value is -1.62. The van der Waals surface area contributed by atoms with Crippen LogP contribution < -0.4 is 5.32 Å². The van der Waals surface area contributed by atoms with E-state index in [2.05, 4.69) is 5.32 Å². The van der Waals surface area contributed by atoms with Gasteiger partial charge in [-0.3, -0.25) is 4.79 Å². The molecule has 0 heterocycles. The average Bonchev–Trinajstić information content (AvgIpc) is 2.23. The van der Waals surface area contributed by atoms with Crippen LogP contribution in [0, 0.1) is 5.82 Å². The molecule has 0 saturated heterocycles. The molecule has 16 heavy (non-hydrogen) atoms. The molecule has 0 fully saturated rings. The fourth-order valence-corrected chi connectivity index (χ4v) is 1.43. The van der Waals surface area contributed by atoms with Crippen molar-refractivity contribution in [2.24, 2.45) is 0 Å². The number of carboxylic acids is 1. The molecule has 1 rings (SSSR count). The first-order valence-corrected chi connectivity index (χ1v) is 4.79. The zero-order chi connectivity index (χ0) is 12.1. The summed E-state index contributed by atoms with van der Waals surface area (Å²) in [6.45, 7) is 0. The van der Waals surface area contributed by atoms with E-state index in [9.17, 15) is 14.0 Å². The van der Waals surface area contributed by atoms with Gasteiger partial charge in [-0.15, -0.1) is 0 Å². The van der Waals surface area contributed by atoms with Gasteiger partial charge in [0.2, 0.25) is 6.41 Å². The lowest BCUT2D eigenvalue weighted by atomic mass is 10.1. The number of hydrogen-bond donors (Lipinski definition) is 2. The number of amides is 1. The van der Waals surface area contributed by atoms with Crippen LogP contribution in [-0.4, -0.2) is 23.5 Å². The highest BCUT2D eigenvalue weighted by Gasteiger charge is 2.19. The maximum atomic E-state index is 13.0. The van der Waals surface area contributed by atoms with Gasteiger partial charge in [0.15, 0.2) is 0 Å². The van der Waals surface area contributed by atoms with Crippen molar-refractivity contribution in [2.75, 3.05) is 0 Å². The Morgan fingerprint density at radius 2 is 2.31 bits per heavy atom. The third-order valence-corrected chi connectivity index (χ3v) is 2.45. The molecule has 0 aliphatic heterocycles. The number of nitrogens with one attached hydrogen (secondary N) is 1. The van der Waals surface area contributed by atoms with E-state index in [4.69, 9.17) is 16.7 Å². The van der Waals surface area contributed by atoms with E-state index >= 15 is 0 Å². The van der Waals surface area contributed by atoms with Gasteiger partial charge in [0, 0.05) is 6.42 Å². The molecule has 0 aromatic heterocycles. The van der Waals surface area contributed by atoms with Crippen molar-refractivity contribution in [3.05, 3.63) is 34.6 Å². The van der Waals surface area contributed by atoms with Gasteiger partial charge < -0.3 is 10.4 Å². The van der Waals surface area contributed by atoms with Crippen LogP contribution in [0.4, 0.5) is 4.39 Å². The minimum Gasteiger partial charge on any atom is -0.480 e. The van der Waals surface area contributed by atoms with Crippen LogP contribution in [0.5, 0.6) is 0 Å². The Labute approximate surface area is 96.0 Å². The third kappa shape index (κ3) is 2.93. The highest BCUT2D eigenvalue weighted by Crippen LogP contribution is 2.20. The second-order valence-electron chi connectivity index (χ2n) is 3.09. The Morgan fingerprint density at radius 3 is 2.88 bits per heavy atom. The zero-order valence-corrected chi connectivity index (χ0v) is 8.87. The molecule has 0 radical (unpaired) electrons. The van der Waals surface area contributed by atoms with E-state index in [0.29, 0.717) is 5.56 Å². The van der Waals surface area contributed by atoms with Crippen molar-refractivity contribution in [2.45, 2.75) is 12.5 Å². The first-order valence-electron chi connectivity index (χ1n) is 4.41. The van der Waals surface area contributed by atoms with Gasteiger partial charge in [-0.2, -0.15) is 0 Å². The van der Waals surface area contributed by atoms with Gasteiger partial charge in [0.1, 0.15) is 11.9 Å². The molecule has 6 heteroatoms. The summed E-state index contributed by atoms with van der Waals surface area (Å²) in [6, 6.07) is 3.00. The van der Waals surface area contributed by atoms with Crippen LogP contribution in [-0.2, 0) is 16.0 Å². The molecule has 0 aliphatic carbocycles. The summed E-state index contributed by atoms with van der Waals surface area (Å²) < 4.78 is 13.0. The second-order valence-corrected chi connectivity index (χ2v) is 3.47. The molecule has 0 bridgehead atoms. The number of benzene rings is 1. The van der Waals surface area contributed by atoms with Crippen molar-refractivity contribution in [3.63, 3.8) is 0 Å². The molecule has 86 valence electrons. The van der Waals surface area contributed by atoms with E-state index < -0.39 is 17.8 Å². The molecule has 0 aliphatic rings. The van der Waals surface area contributed by atoms with Crippen LogP contribution in [0.25, 0.3) is 0 Å². The maximum Gasteiger partial charge on any atom is 0.326 e. The Kier molecular flexibility index (Phi) is 4.25. The van der Waals surface area contributed by atoms with Gasteiger partial charge in [0.05, 0.1) is 5.02 Å². The number of halogens is 2. The molecule has 1 unspecified atom stereocenters. The lowest BCUT2D eigenvalue weighted by Crippen LogP contribution is -2.37. The van der Waals surface area contributed by atoms with Crippen LogP contribution in [0.15, 0.2) is 18.2 Å². The Morgan fingerprint density at radius 1 is 1.62 bits per heavy atom. The predicted octanol–water partition coefficient (Wildman–Crippen LogP) is 1.22. The van der Waals surface area contributed by atoms with Crippen molar-refractivity contribution in [1.29, 1.82) is 0 Å². The second kappa shape index (κ2) is 5.46. The number of carboxylic acid groups (broad SMARTS) is 1. The van der Waals surface area contributed by atoms with Crippen molar-refractivity contribution in [3.8, 4) is 0 Å². The molecular formula is C10H9ClFNO3. The first kappa shape index (κ1) is 12.4. The van der Waals surface area contributed by atoms with Crippen LogP contribution in [0.3, 0.4) is 0 Å². The van der Waals surface area contributed by atoms with Crippen LogP contribution >= 0.6 is 11.6 Å². The van der Waals surface area contributed by atoms with Crippen molar-refractivity contribution in [1.82, 2.24) is 5.32 Å². The van der Waals surface area contributed by atoms with Gasteiger partial charge in [-0.05, 0) is 11.6 Å². The molecule has 0 spiro atoms. The lowest BCUT2D eigenvalue weighted by molar-refractivity contribution is -0.140. The number of rotatable bonds is 5. The molecule has 4 nitrogen and oxygen atoms in total. The summed E-state index contributed by atoms with van der Waals surface area (Å²) in [5.41, 5.74) is 0.336. The van der Waals surface area contributed by atoms with Gasteiger partial charge in [-0.25, -0.2) is 9.18 Å². The summed E-state index contributed by atoms with van der Waals surface area (Å²) in [5.74, 6) is -1.82. The third-order valence-electron chi connectivity index (χ3n) is 2.02. The van der Waals surface area contributed by atoms with Gasteiger partial charge in [0.25, 0.3) is 0 Å². The maximum absolute atomic E-state index is 13.0. The molecular weight excluding hydrogens is 237 g/mol. The summed E-state index contributed by atoms with van der Waals surface area (Å²) in [6.07, 6.45) is 0.219. The number of carbonyl (C=O) groups is 2. The number of carbonyl (C=O) groups excluding carboxylic acids is 1. The van der Waals surface area contributed by atoms with E-state index in [1.165, 1.54) is 18.2 Å². The Balaban J connectivity index is 2.89. The molecule has 1 aromatic rings. The average molecular weight is 246 g/mol. The topological polar surface area (TPSA) is 66.4 Å². The predicted molar refractivity (Wildman–Crippen MR) is 55.7 cm³/mol. The van der Waals surface area contributed by atoms with E-state index in [0.717, 1.165) is 0 Å². The van der Waals surface area contributed by atoms with Gasteiger partial charge >= 0.3 is 5.97 Å². The smallest absolute Gasteiger partial charge is 0.326 e. The number of aliphatic carboxylic acids is 1. The summed E-state index contributed by atoms with van der Waals surface area (Å²) >= 11 is 5.66. The first-order chi connectivity index (χ1) is 7.56. The lowest BCUT2D eigenvalue weighted by Gasteiger charge is -2.12.